The summed E-state index contributed by atoms with van der Waals surface area (Å²) in [6.45, 7) is 3.05. The van der Waals surface area contributed by atoms with Crippen molar-refractivity contribution in [2.45, 2.75) is 19.1 Å². The van der Waals surface area contributed by atoms with Gasteiger partial charge in [0.05, 0.1) is 17.8 Å². The van der Waals surface area contributed by atoms with Gasteiger partial charge in [0.1, 0.15) is 0 Å². The van der Waals surface area contributed by atoms with Crippen molar-refractivity contribution >= 4 is 16.0 Å². The molecule has 0 rings (SSSR count). The molecule has 0 saturated heterocycles. The van der Waals surface area contributed by atoms with Gasteiger partial charge in [0, 0.05) is 20.7 Å². The highest BCUT2D eigenvalue weighted by atomic mass is 32.2. The second kappa shape index (κ2) is 6.17. The summed E-state index contributed by atoms with van der Waals surface area (Å²) in [5.41, 5.74) is 0. The molecule has 0 aliphatic heterocycles. The normalized spacial score (nSPS) is 16.1. The summed E-state index contributed by atoms with van der Waals surface area (Å²) >= 11 is 0. The van der Waals surface area contributed by atoms with Gasteiger partial charge < -0.3 is 9.84 Å². The van der Waals surface area contributed by atoms with Gasteiger partial charge in [-0.1, -0.05) is 6.92 Å². The second-order valence-corrected chi connectivity index (χ2v) is 6.29. The Bertz CT molecular complexity index is 327. The van der Waals surface area contributed by atoms with Gasteiger partial charge in [0.2, 0.25) is 10.0 Å². The second-order valence-electron chi connectivity index (χ2n) is 3.83. The summed E-state index contributed by atoms with van der Waals surface area (Å²) in [7, 11) is -0.686. The quantitative estimate of drug-likeness (QED) is 0.690. The molecule has 6 nitrogen and oxygen atoms in total. The maximum atomic E-state index is 11.8. The van der Waals surface area contributed by atoms with E-state index in [1.165, 1.54) is 28.0 Å². The number of hydrogen-bond donors (Lipinski definition) is 1. The van der Waals surface area contributed by atoms with Crippen molar-refractivity contribution < 1.29 is 23.1 Å². The van der Waals surface area contributed by atoms with Crippen LogP contribution < -0.4 is 0 Å². The number of carboxylic acid groups (broad SMARTS) is 1. The fraction of sp³-hybridized carbons (Fsp3) is 0.889. The molecular formula is C9H19NO5S. The van der Waals surface area contributed by atoms with Crippen LogP contribution in [0.3, 0.4) is 0 Å². The number of methoxy groups -OCH3 is 1. The van der Waals surface area contributed by atoms with Gasteiger partial charge in [0.25, 0.3) is 0 Å². The van der Waals surface area contributed by atoms with E-state index < -0.39 is 27.2 Å². The van der Waals surface area contributed by atoms with Gasteiger partial charge in [0.15, 0.2) is 0 Å². The minimum absolute atomic E-state index is 0.0360. The lowest BCUT2D eigenvalue weighted by Gasteiger charge is -2.22. The lowest BCUT2D eigenvalue weighted by molar-refractivity contribution is -0.141. The Morgan fingerprint density at radius 2 is 1.94 bits per heavy atom. The Morgan fingerprint density at radius 1 is 1.44 bits per heavy atom. The van der Waals surface area contributed by atoms with Crippen molar-refractivity contribution in [3.63, 3.8) is 0 Å². The molecular weight excluding hydrogens is 234 g/mol. The zero-order valence-corrected chi connectivity index (χ0v) is 10.8. The third-order valence-corrected chi connectivity index (χ3v) is 4.47. The van der Waals surface area contributed by atoms with Crippen LogP contribution in [0.5, 0.6) is 0 Å². The fourth-order valence-corrected chi connectivity index (χ4v) is 2.55. The standard InChI is InChI=1S/C9H19NO5S/c1-7(9(11)12)5-10(3)16(13,14)8(2)6-15-4/h7-8H,5-6H2,1-4H3,(H,11,12). The number of rotatable bonds is 7. The third-order valence-electron chi connectivity index (χ3n) is 2.30. The highest BCUT2D eigenvalue weighted by Crippen LogP contribution is 2.10. The minimum atomic E-state index is -3.48. The SMILES string of the molecule is COCC(C)S(=O)(=O)N(C)CC(C)C(=O)O. The molecule has 7 heteroatoms. The number of sulfonamides is 1. The zero-order valence-electron chi connectivity index (χ0n) is 10.0. The van der Waals surface area contributed by atoms with Crippen molar-refractivity contribution in [2.24, 2.45) is 5.92 Å². The summed E-state index contributed by atoms with van der Waals surface area (Å²) in [4.78, 5) is 10.6. The Kier molecular flexibility index (Phi) is 5.91. The molecule has 1 N–H and O–H groups in total. The first kappa shape index (κ1) is 15.3. The Morgan fingerprint density at radius 3 is 2.31 bits per heavy atom. The van der Waals surface area contributed by atoms with Gasteiger partial charge in [-0.15, -0.1) is 0 Å². The molecule has 0 fully saturated rings. The van der Waals surface area contributed by atoms with Gasteiger partial charge in [-0.25, -0.2) is 12.7 Å². The van der Waals surface area contributed by atoms with E-state index >= 15 is 0 Å². The van der Waals surface area contributed by atoms with E-state index in [-0.39, 0.29) is 13.2 Å². The average molecular weight is 253 g/mol. The Hall–Kier alpha value is -0.660. The van der Waals surface area contributed by atoms with E-state index in [1.807, 2.05) is 0 Å². The number of aliphatic carboxylic acids is 1. The van der Waals surface area contributed by atoms with Crippen LogP contribution in [0, 0.1) is 5.92 Å². The average Bonchev–Trinajstić information content (AvgIpc) is 2.17. The molecule has 0 spiro atoms. The minimum Gasteiger partial charge on any atom is -0.481 e. The largest absolute Gasteiger partial charge is 0.481 e. The molecule has 0 saturated carbocycles. The molecule has 2 unspecified atom stereocenters. The van der Waals surface area contributed by atoms with E-state index in [2.05, 4.69) is 0 Å². The molecule has 0 aliphatic rings. The number of carboxylic acids is 1. The van der Waals surface area contributed by atoms with Crippen LogP contribution in [-0.2, 0) is 19.6 Å². The molecule has 0 aromatic heterocycles. The first-order valence-electron chi connectivity index (χ1n) is 4.90. The summed E-state index contributed by atoms with van der Waals surface area (Å²) in [5, 5.41) is 8.02. The third kappa shape index (κ3) is 4.07. The molecule has 0 heterocycles. The molecule has 0 aromatic rings. The van der Waals surface area contributed by atoms with Crippen molar-refractivity contribution in [2.75, 3.05) is 27.3 Å². The summed E-state index contributed by atoms with van der Waals surface area (Å²) in [6.07, 6.45) is 0. The van der Waals surface area contributed by atoms with E-state index in [9.17, 15) is 13.2 Å². The maximum Gasteiger partial charge on any atom is 0.307 e. The topological polar surface area (TPSA) is 83.9 Å². The van der Waals surface area contributed by atoms with Crippen LogP contribution >= 0.6 is 0 Å². The lowest BCUT2D eigenvalue weighted by atomic mass is 10.2. The fourth-order valence-electron chi connectivity index (χ4n) is 1.20. The number of nitrogens with zero attached hydrogens (tertiary/aromatic N) is 1. The molecule has 0 bridgehead atoms. The summed E-state index contributed by atoms with van der Waals surface area (Å²) in [6, 6.07) is 0. The molecule has 0 amide bonds. The Labute approximate surface area is 96.2 Å². The summed E-state index contributed by atoms with van der Waals surface area (Å²) in [5.74, 6) is -1.74. The van der Waals surface area contributed by atoms with Crippen molar-refractivity contribution in [3.05, 3.63) is 0 Å². The smallest absolute Gasteiger partial charge is 0.307 e. The number of carbonyl (C=O) groups is 1. The predicted octanol–water partition coefficient (Wildman–Crippen LogP) is 0.00360. The van der Waals surface area contributed by atoms with E-state index in [1.54, 1.807) is 0 Å². The molecule has 0 aromatic carbocycles. The van der Waals surface area contributed by atoms with Gasteiger partial charge in [-0.2, -0.15) is 0 Å². The van der Waals surface area contributed by atoms with E-state index in [4.69, 9.17) is 9.84 Å². The van der Waals surface area contributed by atoms with Crippen LogP contribution in [0.25, 0.3) is 0 Å². The van der Waals surface area contributed by atoms with Gasteiger partial charge >= 0.3 is 5.97 Å². The molecule has 96 valence electrons. The maximum absolute atomic E-state index is 11.8. The molecule has 16 heavy (non-hydrogen) atoms. The Balaban J connectivity index is 4.58. The highest BCUT2D eigenvalue weighted by molar-refractivity contribution is 7.89. The van der Waals surface area contributed by atoms with Crippen molar-refractivity contribution in [1.29, 1.82) is 0 Å². The number of ether oxygens (including phenoxy) is 1. The molecule has 2 atom stereocenters. The van der Waals surface area contributed by atoms with Gasteiger partial charge in [-0.05, 0) is 6.92 Å². The monoisotopic (exact) mass is 253 g/mol. The van der Waals surface area contributed by atoms with Crippen LogP contribution in [-0.4, -0.2) is 56.4 Å². The first-order valence-corrected chi connectivity index (χ1v) is 6.40. The van der Waals surface area contributed by atoms with Crippen LogP contribution in [0.4, 0.5) is 0 Å². The highest BCUT2D eigenvalue weighted by Gasteiger charge is 2.28. The van der Waals surface area contributed by atoms with E-state index in [0.29, 0.717) is 0 Å². The predicted molar refractivity (Wildman–Crippen MR) is 59.7 cm³/mol. The van der Waals surface area contributed by atoms with Crippen LogP contribution in [0.2, 0.25) is 0 Å². The number of hydrogen-bond acceptors (Lipinski definition) is 4. The molecule has 0 aliphatic carbocycles. The van der Waals surface area contributed by atoms with Gasteiger partial charge in [-0.3, -0.25) is 4.79 Å². The zero-order chi connectivity index (χ0) is 12.9. The van der Waals surface area contributed by atoms with Crippen molar-refractivity contribution in [1.82, 2.24) is 4.31 Å². The first-order chi connectivity index (χ1) is 7.23. The summed E-state index contributed by atoms with van der Waals surface area (Å²) < 4.78 is 29.5. The van der Waals surface area contributed by atoms with E-state index in [0.717, 1.165) is 4.31 Å². The lowest BCUT2D eigenvalue weighted by Crippen LogP contribution is -2.40. The van der Waals surface area contributed by atoms with Crippen LogP contribution in [0.1, 0.15) is 13.8 Å². The van der Waals surface area contributed by atoms with Crippen molar-refractivity contribution in [3.8, 4) is 0 Å². The molecule has 0 radical (unpaired) electrons. The van der Waals surface area contributed by atoms with Crippen LogP contribution in [0.15, 0.2) is 0 Å².